The third-order valence-electron chi connectivity index (χ3n) is 8.35. The maximum absolute atomic E-state index is 13.7. The zero-order valence-corrected chi connectivity index (χ0v) is 23.6. The van der Waals surface area contributed by atoms with Crippen LogP contribution in [0.2, 0.25) is 0 Å². The molecule has 1 aliphatic heterocycles. The van der Waals surface area contributed by atoms with Crippen molar-refractivity contribution in [3.63, 3.8) is 0 Å². The smallest absolute Gasteiger partial charge is 0.306 e. The number of rotatable bonds is 10. The molecule has 0 aromatic heterocycles. The van der Waals surface area contributed by atoms with E-state index in [1.807, 2.05) is 36.1 Å². The van der Waals surface area contributed by atoms with Crippen LogP contribution in [0.1, 0.15) is 81.9 Å². The van der Waals surface area contributed by atoms with Gasteiger partial charge in [0.05, 0.1) is 18.6 Å². The van der Waals surface area contributed by atoms with E-state index in [1.54, 1.807) is 13.8 Å². The molecule has 4 rings (SSSR count). The lowest BCUT2D eigenvalue weighted by atomic mass is 9.73. The van der Waals surface area contributed by atoms with E-state index in [1.165, 1.54) is 16.7 Å². The summed E-state index contributed by atoms with van der Waals surface area (Å²) in [5.41, 5.74) is 8.70. The van der Waals surface area contributed by atoms with Crippen LogP contribution in [0.25, 0.3) is 0 Å². The molecule has 2 aromatic rings. The molecule has 0 unspecified atom stereocenters. The molecule has 0 radical (unpaired) electrons. The van der Waals surface area contributed by atoms with E-state index in [2.05, 4.69) is 35.6 Å². The fourth-order valence-electron chi connectivity index (χ4n) is 6.24. The van der Waals surface area contributed by atoms with E-state index in [0.29, 0.717) is 32.5 Å². The van der Waals surface area contributed by atoms with Crippen LogP contribution in [-0.2, 0) is 31.0 Å². The van der Waals surface area contributed by atoms with Gasteiger partial charge in [0.2, 0.25) is 11.8 Å². The first-order valence-corrected chi connectivity index (χ1v) is 14.3. The molecule has 1 aliphatic carbocycles. The Morgan fingerprint density at radius 3 is 2.41 bits per heavy atom. The molecule has 1 fully saturated rings. The Bertz CT molecular complexity index is 1150. The van der Waals surface area contributed by atoms with Crippen molar-refractivity contribution in [2.24, 2.45) is 5.73 Å². The number of benzene rings is 2. The first-order chi connectivity index (χ1) is 18.6. The Morgan fingerprint density at radius 2 is 1.74 bits per heavy atom. The number of piperidine rings is 1. The monoisotopic (exact) mass is 533 g/mol. The maximum Gasteiger partial charge on any atom is 0.306 e. The molecule has 39 heavy (non-hydrogen) atoms. The SMILES string of the molecule is CCOC(=O)C[C@@H]1CC2(CCN(C(=O)[C@@H](CCCc3ccccc3)NC(=O)C(C)(C)N)CC2)c2ccccc21. The predicted molar refractivity (Wildman–Crippen MR) is 152 cm³/mol. The van der Waals surface area contributed by atoms with Gasteiger partial charge in [0.25, 0.3) is 0 Å². The number of nitrogens with one attached hydrogen (secondary N) is 1. The minimum atomic E-state index is -1.06. The summed E-state index contributed by atoms with van der Waals surface area (Å²) >= 11 is 0. The van der Waals surface area contributed by atoms with Gasteiger partial charge in [0.1, 0.15) is 6.04 Å². The van der Waals surface area contributed by atoms with E-state index in [9.17, 15) is 14.4 Å². The van der Waals surface area contributed by atoms with Crippen LogP contribution in [0.3, 0.4) is 0 Å². The van der Waals surface area contributed by atoms with Gasteiger partial charge in [0, 0.05) is 13.1 Å². The largest absolute Gasteiger partial charge is 0.466 e. The fraction of sp³-hybridized carbons (Fsp3) is 0.531. The van der Waals surface area contributed by atoms with Crippen molar-refractivity contribution in [2.75, 3.05) is 19.7 Å². The summed E-state index contributed by atoms with van der Waals surface area (Å²) in [5, 5.41) is 2.95. The fourth-order valence-corrected chi connectivity index (χ4v) is 6.24. The highest BCUT2D eigenvalue weighted by Crippen LogP contribution is 2.52. The van der Waals surface area contributed by atoms with Crippen molar-refractivity contribution in [1.29, 1.82) is 0 Å². The number of hydrogen-bond donors (Lipinski definition) is 2. The number of hydrogen-bond acceptors (Lipinski definition) is 5. The molecular formula is C32H43N3O4. The molecule has 2 aliphatic rings. The van der Waals surface area contributed by atoms with Gasteiger partial charge in [-0.15, -0.1) is 0 Å². The molecule has 1 heterocycles. The molecule has 2 aromatic carbocycles. The zero-order valence-electron chi connectivity index (χ0n) is 23.6. The van der Waals surface area contributed by atoms with E-state index < -0.39 is 11.6 Å². The molecular weight excluding hydrogens is 490 g/mol. The number of esters is 1. The van der Waals surface area contributed by atoms with Crippen LogP contribution >= 0.6 is 0 Å². The number of carbonyl (C=O) groups is 3. The summed E-state index contributed by atoms with van der Waals surface area (Å²) in [7, 11) is 0. The summed E-state index contributed by atoms with van der Waals surface area (Å²) in [6.45, 7) is 6.78. The molecule has 1 spiro atoms. The molecule has 2 amide bonds. The van der Waals surface area contributed by atoms with Crippen molar-refractivity contribution in [1.82, 2.24) is 10.2 Å². The minimum Gasteiger partial charge on any atom is -0.466 e. The highest BCUT2D eigenvalue weighted by Gasteiger charge is 2.46. The second-order valence-electron chi connectivity index (χ2n) is 11.7. The lowest BCUT2D eigenvalue weighted by Crippen LogP contribution is -2.57. The zero-order chi connectivity index (χ0) is 28.0. The summed E-state index contributed by atoms with van der Waals surface area (Å²) < 4.78 is 5.25. The summed E-state index contributed by atoms with van der Waals surface area (Å²) in [4.78, 5) is 40.7. The number of ether oxygens (including phenoxy) is 1. The van der Waals surface area contributed by atoms with E-state index in [0.717, 1.165) is 32.1 Å². The number of amides is 2. The van der Waals surface area contributed by atoms with Crippen LogP contribution in [0.5, 0.6) is 0 Å². The van der Waals surface area contributed by atoms with Crippen LogP contribution in [0, 0.1) is 0 Å². The number of likely N-dealkylation sites (tertiary alicyclic amines) is 1. The van der Waals surface area contributed by atoms with Gasteiger partial charge in [-0.3, -0.25) is 14.4 Å². The Labute approximate surface area is 232 Å². The topological polar surface area (TPSA) is 102 Å². The van der Waals surface area contributed by atoms with E-state index in [-0.39, 0.29) is 29.1 Å². The third kappa shape index (κ3) is 6.88. The molecule has 0 saturated carbocycles. The van der Waals surface area contributed by atoms with Gasteiger partial charge in [-0.1, -0.05) is 54.6 Å². The van der Waals surface area contributed by atoms with Gasteiger partial charge in [-0.2, -0.15) is 0 Å². The highest BCUT2D eigenvalue weighted by atomic mass is 16.5. The van der Waals surface area contributed by atoms with Crippen molar-refractivity contribution in [3.8, 4) is 0 Å². The quantitative estimate of drug-likeness (QED) is 0.445. The van der Waals surface area contributed by atoms with E-state index in [4.69, 9.17) is 10.5 Å². The molecule has 7 heteroatoms. The number of carbonyl (C=O) groups excluding carboxylic acids is 3. The van der Waals surface area contributed by atoms with Crippen molar-refractivity contribution >= 4 is 17.8 Å². The first kappa shape index (κ1) is 28.8. The third-order valence-corrected chi connectivity index (χ3v) is 8.35. The number of aryl methyl sites for hydroxylation is 1. The average Bonchev–Trinajstić information content (AvgIpc) is 3.20. The molecule has 210 valence electrons. The second kappa shape index (κ2) is 12.3. The predicted octanol–water partition coefficient (Wildman–Crippen LogP) is 4.23. The van der Waals surface area contributed by atoms with Crippen molar-refractivity contribution in [3.05, 3.63) is 71.3 Å². The minimum absolute atomic E-state index is 0.0372. The van der Waals surface area contributed by atoms with E-state index >= 15 is 0 Å². The van der Waals surface area contributed by atoms with Crippen molar-refractivity contribution < 1.29 is 19.1 Å². The van der Waals surface area contributed by atoms with Crippen LogP contribution in [0.4, 0.5) is 0 Å². The standard InChI is InChI=1S/C32H43N3O4/c1-4-39-28(36)21-24-22-32(26-15-9-8-14-25(24)26)17-19-35(20-18-32)29(37)27(34-30(38)31(2,3)33)16-10-13-23-11-6-5-7-12-23/h5-9,11-12,14-15,24,27H,4,10,13,16-22,33H2,1-3H3,(H,34,38)/t24-,27-/m1/s1. The molecule has 7 nitrogen and oxygen atoms in total. The summed E-state index contributed by atoms with van der Waals surface area (Å²) in [6.07, 6.45) is 5.14. The van der Waals surface area contributed by atoms with Gasteiger partial charge < -0.3 is 20.7 Å². The first-order valence-electron chi connectivity index (χ1n) is 14.3. The Kier molecular flexibility index (Phi) is 9.11. The average molecular weight is 534 g/mol. The van der Waals surface area contributed by atoms with Gasteiger partial charge in [-0.25, -0.2) is 0 Å². The highest BCUT2D eigenvalue weighted by molar-refractivity contribution is 5.91. The van der Waals surface area contributed by atoms with Crippen LogP contribution < -0.4 is 11.1 Å². The normalized spacial score (nSPS) is 18.9. The Balaban J connectivity index is 1.43. The van der Waals surface area contributed by atoms with Gasteiger partial charge in [0.15, 0.2) is 0 Å². The molecule has 1 saturated heterocycles. The van der Waals surface area contributed by atoms with Crippen molar-refractivity contribution in [2.45, 2.75) is 88.6 Å². The number of nitrogens with zero attached hydrogens (tertiary/aromatic N) is 1. The number of fused-ring (bicyclic) bond motifs is 2. The maximum atomic E-state index is 13.7. The van der Waals surface area contributed by atoms with Gasteiger partial charge in [-0.05, 0) is 87.3 Å². The van der Waals surface area contributed by atoms with Crippen LogP contribution in [0.15, 0.2) is 54.6 Å². The lowest BCUT2D eigenvalue weighted by Gasteiger charge is -2.41. The molecule has 3 N–H and O–H groups in total. The molecule has 2 atom stereocenters. The summed E-state index contributed by atoms with van der Waals surface area (Å²) in [6, 6.07) is 18.0. The lowest BCUT2D eigenvalue weighted by molar-refractivity contribution is -0.143. The Hall–Kier alpha value is -3.19. The second-order valence-corrected chi connectivity index (χ2v) is 11.7. The Morgan fingerprint density at radius 1 is 1.08 bits per heavy atom. The van der Waals surface area contributed by atoms with Gasteiger partial charge >= 0.3 is 5.97 Å². The molecule has 0 bridgehead atoms. The number of nitrogens with two attached hydrogens (primary N) is 1. The van der Waals surface area contributed by atoms with Crippen LogP contribution in [-0.4, -0.2) is 54.0 Å². The summed E-state index contributed by atoms with van der Waals surface area (Å²) in [5.74, 6) is -0.372.